The number of nitrogens with zero attached hydrogens (tertiary/aromatic N) is 1. The Labute approximate surface area is 118 Å². The largest absolute Gasteiger partial charge is 0.377 e. The fourth-order valence-electron chi connectivity index (χ4n) is 3.88. The number of likely N-dealkylation sites (tertiary alicyclic amines) is 1. The van der Waals surface area contributed by atoms with Crippen LogP contribution in [0.5, 0.6) is 0 Å². The molecule has 2 N–H and O–H groups in total. The van der Waals surface area contributed by atoms with Crippen LogP contribution in [-0.2, 0) is 4.74 Å². The molecule has 1 aliphatic heterocycles. The van der Waals surface area contributed by atoms with Crippen LogP contribution in [0.1, 0.15) is 58.3 Å². The third-order valence-electron chi connectivity index (χ3n) is 5.26. The Morgan fingerprint density at radius 2 is 1.79 bits per heavy atom. The molecule has 3 heteroatoms. The van der Waals surface area contributed by atoms with Crippen molar-refractivity contribution in [1.29, 1.82) is 0 Å². The highest BCUT2D eigenvalue weighted by Gasteiger charge is 2.35. The van der Waals surface area contributed by atoms with E-state index in [1.807, 2.05) is 0 Å². The smallest absolute Gasteiger partial charge is 0.0709 e. The molecule has 0 bridgehead atoms. The van der Waals surface area contributed by atoms with Gasteiger partial charge in [0.1, 0.15) is 0 Å². The lowest BCUT2D eigenvalue weighted by Crippen LogP contribution is -2.42. The molecular formula is C16H32N2O. The summed E-state index contributed by atoms with van der Waals surface area (Å²) >= 11 is 0. The maximum atomic E-state index is 5.74. The molecule has 1 unspecified atom stereocenters. The van der Waals surface area contributed by atoms with Crippen LogP contribution in [0.3, 0.4) is 0 Å². The van der Waals surface area contributed by atoms with Gasteiger partial charge in [-0.1, -0.05) is 19.3 Å². The molecule has 0 radical (unpaired) electrons. The second kappa shape index (κ2) is 7.61. The Bertz CT molecular complexity index is 238. The summed E-state index contributed by atoms with van der Waals surface area (Å²) in [6.45, 7) is 7.25. The molecule has 1 spiro atoms. The van der Waals surface area contributed by atoms with E-state index in [-0.39, 0.29) is 6.10 Å². The van der Waals surface area contributed by atoms with Gasteiger partial charge in [0.2, 0.25) is 0 Å². The van der Waals surface area contributed by atoms with Gasteiger partial charge in [0.05, 0.1) is 6.10 Å². The highest BCUT2D eigenvalue weighted by molar-refractivity contribution is 4.88. The highest BCUT2D eigenvalue weighted by Crippen LogP contribution is 2.44. The van der Waals surface area contributed by atoms with E-state index >= 15 is 0 Å². The van der Waals surface area contributed by atoms with Gasteiger partial charge >= 0.3 is 0 Å². The average Bonchev–Trinajstić information content (AvgIpc) is 2.46. The number of nitrogens with two attached hydrogens (primary N) is 1. The number of hydrogen-bond donors (Lipinski definition) is 1. The first kappa shape index (κ1) is 15.3. The van der Waals surface area contributed by atoms with Gasteiger partial charge in [0.25, 0.3) is 0 Å². The summed E-state index contributed by atoms with van der Waals surface area (Å²) in [4.78, 5) is 2.63. The van der Waals surface area contributed by atoms with Crippen molar-refractivity contribution in [3.8, 4) is 0 Å². The van der Waals surface area contributed by atoms with E-state index in [2.05, 4.69) is 11.8 Å². The predicted octanol–water partition coefficient (Wildman–Crippen LogP) is 2.79. The van der Waals surface area contributed by atoms with Gasteiger partial charge in [-0.3, -0.25) is 0 Å². The molecule has 2 rings (SSSR count). The van der Waals surface area contributed by atoms with Gasteiger partial charge in [-0.05, 0) is 57.5 Å². The monoisotopic (exact) mass is 268 g/mol. The SMILES string of the molecule is CCOC(CN)CCN1CCC2(CCCCC2)CC1. The Balaban J connectivity index is 1.68. The summed E-state index contributed by atoms with van der Waals surface area (Å²) in [7, 11) is 0. The summed E-state index contributed by atoms with van der Waals surface area (Å²) < 4.78 is 5.64. The Kier molecular flexibility index (Phi) is 6.11. The third-order valence-corrected chi connectivity index (χ3v) is 5.26. The van der Waals surface area contributed by atoms with Gasteiger partial charge < -0.3 is 15.4 Å². The van der Waals surface area contributed by atoms with Crippen LogP contribution in [-0.4, -0.2) is 43.8 Å². The van der Waals surface area contributed by atoms with Crippen molar-refractivity contribution in [3.05, 3.63) is 0 Å². The molecule has 1 saturated carbocycles. The zero-order valence-corrected chi connectivity index (χ0v) is 12.7. The van der Waals surface area contributed by atoms with Crippen molar-refractivity contribution in [2.75, 3.05) is 32.8 Å². The van der Waals surface area contributed by atoms with Crippen molar-refractivity contribution in [1.82, 2.24) is 4.90 Å². The normalized spacial score (nSPS) is 25.6. The lowest BCUT2D eigenvalue weighted by atomic mass is 9.68. The summed E-state index contributed by atoms with van der Waals surface area (Å²) in [5, 5.41) is 0. The predicted molar refractivity (Wildman–Crippen MR) is 80.3 cm³/mol. The van der Waals surface area contributed by atoms with E-state index < -0.39 is 0 Å². The zero-order valence-electron chi connectivity index (χ0n) is 12.7. The average molecular weight is 268 g/mol. The molecule has 1 heterocycles. The van der Waals surface area contributed by atoms with Crippen molar-refractivity contribution in [2.45, 2.75) is 64.4 Å². The number of hydrogen-bond acceptors (Lipinski definition) is 3. The number of piperidine rings is 1. The Hall–Kier alpha value is -0.120. The van der Waals surface area contributed by atoms with E-state index in [4.69, 9.17) is 10.5 Å². The molecule has 1 saturated heterocycles. The molecule has 0 aromatic carbocycles. The molecule has 112 valence electrons. The molecule has 0 amide bonds. The molecule has 0 aromatic rings. The van der Waals surface area contributed by atoms with Crippen molar-refractivity contribution in [2.24, 2.45) is 11.1 Å². The Morgan fingerprint density at radius 1 is 1.11 bits per heavy atom. The summed E-state index contributed by atoms with van der Waals surface area (Å²) in [5.41, 5.74) is 6.47. The minimum Gasteiger partial charge on any atom is -0.377 e. The highest BCUT2D eigenvalue weighted by atomic mass is 16.5. The first-order valence-corrected chi connectivity index (χ1v) is 8.32. The van der Waals surface area contributed by atoms with Crippen LogP contribution in [0.4, 0.5) is 0 Å². The van der Waals surface area contributed by atoms with E-state index in [1.165, 1.54) is 58.0 Å². The van der Waals surface area contributed by atoms with Crippen LogP contribution in [0, 0.1) is 5.41 Å². The molecule has 0 aromatic heterocycles. The van der Waals surface area contributed by atoms with Crippen molar-refractivity contribution >= 4 is 0 Å². The van der Waals surface area contributed by atoms with E-state index in [0.29, 0.717) is 6.54 Å². The zero-order chi connectivity index (χ0) is 13.6. The summed E-state index contributed by atoms with van der Waals surface area (Å²) in [5.74, 6) is 0. The maximum absolute atomic E-state index is 5.74. The van der Waals surface area contributed by atoms with Crippen LogP contribution in [0.2, 0.25) is 0 Å². The van der Waals surface area contributed by atoms with Gasteiger partial charge in [-0.25, -0.2) is 0 Å². The minimum absolute atomic E-state index is 0.260. The molecule has 2 fully saturated rings. The van der Waals surface area contributed by atoms with Crippen LogP contribution in [0.25, 0.3) is 0 Å². The molecule has 1 atom stereocenters. The second-order valence-electron chi connectivity index (χ2n) is 6.50. The maximum Gasteiger partial charge on any atom is 0.0709 e. The van der Waals surface area contributed by atoms with Crippen LogP contribution >= 0.6 is 0 Å². The Morgan fingerprint density at radius 3 is 2.37 bits per heavy atom. The topological polar surface area (TPSA) is 38.5 Å². The summed E-state index contributed by atoms with van der Waals surface area (Å²) in [6, 6.07) is 0. The molecule has 2 aliphatic rings. The minimum atomic E-state index is 0.260. The van der Waals surface area contributed by atoms with Crippen molar-refractivity contribution in [3.63, 3.8) is 0 Å². The molecule has 1 aliphatic carbocycles. The fraction of sp³-hybridized carbons (Fsp3) is 1.00. The number of ether oxygens (including phenoxy) is 1. The first-order chi connectivity index (χ1) is 9.28. The fourth-order valence-corrected chi connectivity index (χ4v) is 3.88. The summed E-state index contributed by atoms with van der Waals surface area (Å²) in [6.07, 6.45) is 11.6. The van der Waals surface area contributed by atoms with Gasteiger partial charge in [-0.15, -0.1) is 0 Å². The van der Waals surface area contributed by atoms with Gasteiger partial charge in [-0.2, -0.15) is 0 Å². The molecular weight excluding hydrogens is 236 g/mol. The van der Waals surface area contributed by atoms with Crippen LogP contribution < -0.4 is 5.73 Å². The first-order valence-electron chi connectivity index (χ1n) is 8.32. The third kappa shape index (κ3) is 4.44. The van der Waals surface area contributed by atoms with Crippen molar-refractivity contribution < 1.29 is 4.74 Å². The lowest BCUT2D eigenvalue weighted by molar-refractivity contribution is 0.0348. The van der Waals surface area contributed by atoms with Gasteiger partial charge in [0, 0.05) is 19.7 Å². The standard InChI is InChI=1S/C16H32N2O/c1-2-19-15(14-17)6-11-18-12-9-16(10-13-18)7-4-3-5-8-16/h15H,2-14,17H2,1H3. The lowest BCUT2D eigenvalue weighted by Gasteiger charge is -2.44. The molecule has 19 heavy (non-hydrogen) atoms. The van der Waals surface area contributed by atoms with Gasteiger partial charge in [0.15, 0.2) is 0 Å². The van der Waals surface area contributed by atoms with E-state index in [0.717, 1.165) is 25.0 Å². The number of rotatable bonds is 6. The quantitative estimate of drug-likeness (QED) is 0.805. The van der Waals surface area contributed by atoms with E-state index in [1.54, 1.807) is 0 Å². The second-order valence-corrected chi connectivity index (χ2v) is 6.50. The van der Waals surface area contributed by atoms with Crippen LogP contribution in [0.15, 0.2) is 0 Å². The van der Waals surface area contributed by atoms with E-state index in [9.17, 15) is 0 Å². The molecule has 3 nitrogen and oxygen atoms in total.